The Bertz CT molecular complexity index is 616. The first kappa shape index (κ1) is 16.1. The van der Waals surface area contributed by atoms with E-state index in [0.717, 1.165) is 30.3 Å². The number of hydrogen-bond donors (Lipinski definition) is 1. The molecule has 0 spiro atoms. The molecule has 4 fully saturated rings. The molecule has 4 aliphatic rings. The molecule has 25 heavy (non-hydrogen) atoms. The van der Waals surface area contributed by atoms with E-state index in [4.69, 9.17) is 0 Å². The first-order chi connectivity index (χ1) is 12.3. The third-order valence-electron chi connectivity index (χ3n) is 7.61. The van der Waals surface area contributed by atoms with Crippen LogP contribution in [-0.4, -0.2) is 52.7 Å². The highest BCUT2D eigenvalue weighted by Gasteiger charge is 2.51. The van der Waals surface area contributed by atoms with Crippen molar-refractivity contribution in [2.24, 2.45) is 11.8 Å². The molecule has 1 aromatic carbocycles. The number of benzene rings is 1. The molecule has 136 valence electrons. The van der Waals surface area contributed by atoms with E-state index in [9.17, 15) is 5.11 Å². The predicted molar refractivity (Wildman–Crippen MR) is 101 cm³/mol. The van der Waals surface area contributed by atoms with Crippen LogP contribution in [0.3, 0.4) is 0 Å². The van der Waals surface area contributed by atoms with Crippen molar-refractivity contribution in [2.75, 3.05) is 19.6 Å². The monoisotopic (exact) mass is 340 g/mol. The highest BCUT2D eigenvalue weighted by molar-refractivity contribution is 5.28. The van der Waals surface area contributed by atoms with E-state index < -0.39 is 0 Å². The normalized spacial score (nSPS) is 38.8. The number of phenolic OH excluding ortho intramolecular Hbond substituents is 1. The second-order valence-corrected chi connectivity index (χ2v) is 8.96. The van der Waals surface area contributed by atoms with E-state index in [2.05, 4.69) is 15.9 Å². The van der Waals surface area contributed by atoms with Gasteiger partial charge in [0.2, 0.25) is 0 Å². The smallest absolute Gasteiger partial charge is 0.115 e. The summed E-state index contributed by atoms with van der Waals surface area (Å²) in [7, 11) is 0. The zero-order valence-electron chi connectivity index (χ0n) is 15.3. The summed E-state index contributed by atoms with van der Waals surface area (Å²) in [6.45, 7) is 4.00. The van der Waals surface area contributed by atoms with Gasteiger partial charge in [-0.25, -0.2) is 0 Å². The van der Waals surface area contributed by atoms with Crippen molar-refractivity contribution in [3.8, 4) is 5.75 Å². The van der Waals surface area contributed by atoms with Gasteiger partial charge in [-0.1, -0.05) is 25.0 Å². The summed E-state index contributed by atoms with van der Waals surface area (Å²) in [5.41, 5.74) is 1.32. The van der Waals surface area contributed by atoms with E-state index in [1.165, 1.54) is 70.1 Å². The fraction of sp³-hybridized carbons (Fsp3) is 0.727. The quantitative estimate of drug-likeness (QED) is 0.890. The maximum Gasteiger partial charge on any atom is 0.115 e. The Balaban J connectivity index is 1.47. The van der Waals surface area contributed by atoms with Gasteiger partial charge in [0, 0.05) is 24.7 Å². The Kier molecular flexibility index (Phi) is 4.25. The van der Waals surface area contributed by atoms with Gasteiger partial charge in [0.1, 0.15) is 5.75 Å². The van der Waals surface area contributed by atoms with Gasteiger partial charge in [-0.3, -0.25) is 9.80 Å². The molecule has 0 aliphatic carbocycles. The van der Waals surface area contributed by atoms with Crippen LogP contribution < -0.4 is 0 Å². The molecular weight excluding hydrogens is 308 g/mol. The lowest BCUT2D eigenvalue weighted by Crippen LogP contribution is -2.67. The molecule has 2 bridgehead atoms. The van der Waals surface area contributed by atoms with Crippen molar-refractivity contribution in [3.05, 3.63) is 29.8 Å². The lowest BCUT2D eigenvalue weighted by atomic mass is 9.66. The van der Waals surface area contributed by atoms with Gasteiger partial charge in [0.15, 0.2) is 0 Å². The number of aromatic hydroxyl groups is 1. The molecule has 5 atom stereocenters. The van der Waals surface area contributed by atoms with Crippen LogP contribution >= 0.6 is 0 Å². The Labute approximate surface area is 152 Å². The van der Waals surface area contributed by atoms with E-state index in [1.807, 2.05) is 12.1 Å². The third kappa shape index (κ3) is 2.90. The highest BCUT2D eigenvalue weighted by Crippen LogP contribution is 2.46. The summed E-state index contributed by atoms with van der Waals surface area (Å²) in [5.74, 6) is 2.15. The molecule has 1 N–H and O–H groups in total. The second kappa shape index (κ2) is 6.59. The van der Waals surface area contributed by atoms with Gasteiger partial charge in [0.05, 0.1) is 0 Å². The highest BCUT2D eigenvalue weighted by atomic mass is 16.3. The van der Waals surface area contributed by atoms with Crippen LogP contribution in [0.2, 0.25) is 0 Å². The predicted octanol–water partition coefficient (Wildman–Crippen LogP) is 3.66. The summed E-state index contributed by atoms with van der Waals surface area (Å²) < 4.78 is 0. The molecular formula is C22H32N2O. The average Bonchev–Trinajstić information content (AvgIpc) is 2.65. The van der Waals surface area contributed by atoms with E-state index in [0.29, 0.717) is 11.8 Å². The standard InChI is InChI=1S/C22H32N2O/c25-18-7-5-6-16(12-18)13-22-19-14-17(20-8-2-4-11-24(20)22)15-23-10-3-1-9-21(19)23/h5-7,12,17,19-22,25H,1-4,8-11,13-15H2/t17-,19+,20-,21+,22?/m0/s1. The molecule has 4 heterocycles. The summed E-state index contributed by atoms with van der Waals surface area (Å²) in [5, 5.41) is 9.92. The maximum absolute atomic E-state index is 9.92. The third-order valence-corrected chi connectivity index (χ3v) is 7.61. The number of rotatable bonds is 2. The number of hydrogen-bond acceptors (Lipinski definition) is 3. The largest absolute Gasteiger partial charge is 0.508 e. The minimum absolute atomic E-state index is 0.421. The minimum Gasteiger partial charge on any atom is -0.508 e. The van der Waals surface area contributed by atoms with Crippen molar-refractivity contribution in [2.45, 2.75) is 69.5 Å². The van der Waals surface area contributed by atoms with Crippen molar-refractivity contribution in [1.82, 2.24) is 9.80 Å². The lowest BCUT2D eigenvalue weighted by molar-refractivity contribution is -0.106. The molecule has 0 radical (unpaired) electrons. The lowest BCUT2D eigenvalue weighted by Gasteiger charge is -2.60. The van der Waals surface area contributed by atoms with Gasteiger partial charge in [-0.2, -0.15) is 0 Å². The van der Waals surface area contributed by atoms with E-state index in [-0.39, 0.29) is 0 Å². The van der Waals surface area contributed by atoms with Crippen molar-refractivity contribution in [3.63, 3.8) is 0 Å². The van der Waals surface area contributed by atoms with Crippen molar-refractivity contribution < 1.29 is 5.11 Å². The zero-order valence-corrected chi connectivity index (χ0v) is 15.3. The molecule has 0 aromatic heterocycles. The average molecular weight is 341 g/mol. The Morgan fingerprint density at radius 3 is 2.72 bits per heavy atom. The van der Waals surface area contributed by atoms with Crippen LogP contribution in [0.4, 0.5) is 0 Å². The number of fused-ring (bicyclic) bond motifs is 6. The van der Waals surface area contributed by atoms with Gasteiger partial charge in [0.25, 0.3) is 0 Å². The van der Waals surface area contributed by atoms with E-state index in [1.54, 1.807) is 6.07 Å². The first-order valence-corrected chi connectivity index (χ1v) is 10.6. The van der Waals surface area contributed by atoms with Crippen LogP contribution in [0.15, 0.2) is 24.3 Å². The van der Waals surface area contributed by atoms with Crippen molar-refractivity contribution in [1.29, 1.82) is 0 Å². The summed E-state index contributed by atoms with van der Waals surface area (Å²) in [4.78, 5) is 5.78. The first-order valence-electron chi connectivity index (χ1n) is 10.6. The van der Waals surface area contributed by atoms with Crippen LogP contribution in [0.5, 0.6) is 5.75 Å². The Morgan fingerprint density at radius 1 is 1.00 bits per heavy atom. The molecule has 0 amide bonds. The number of nitrogens with zero attached hydrogens (tertiary/aromatic N) is 2. The molecule has 1 aromatic rings. The summed E-state index contributed by atoms with van der Waals surface area (Å²) in [6, 6.07) is 10.3. The summed E-state index contributed by atoms with van der Waals surface area (Å²) in [6.07, 6.45) is 11.0. The second-order valence-electron chi connectivity index (χ2n) is 8.96. The molecule has 4 saturated heterocycles. The molecule has 1 unspecified atom stereocenters. The fourth-order valence-corrected chi connectivity index (χ4v) is 6.64. The van der Waals surface area contributed by atoms with Crippen LogP contribution in [0.25, 0.3) is 0 Å². The number of piperidine rings is 4. The molecule has 0 saturated carbocycles. The number of phenols is 1. The topological polar surface area (TPSA) is 26.7 Å². The minimum atomic E-state index is 0.421. The summed E-state index contributed by atoms with van der Waals surface area (Å²) >= 11 is 0. The molecule has 4 aliphatic heterocycles. The van der Waals surface area contributed by atoms with E-state index >= 15 is 0 Å². The van der Waals surface area contributed by atoms with Gasteiger partial charge in [-0.15, -0.1) is 0 Å². The molecule has 5 rings (SSSR count). The molecule has 3 heteroatoms. The fourth-order valence-electron chi connectivity index (χ4n) is 6.64. The van der Waals surface area contributed by atoms with Gasteiger partial charge in [-0.05, 0) is 81.1 Å². The molecule has 3 nitrogen and oxygen atoms in total. The SMILES string of the molecule is Oc1cccc(CC2[C@@H]3C[C@@H](CN4CCCC[C@H]34)[C@@H]3CCCCN23)c1. The van der Waals surface area contributed by atoms with Crippen molar-refractivity contribution >= 4 is 0 Å². The van der Waals surface area contributed by atoms with Crippen LogP contribution in [0.1, 0.15) is 50.5 Å². The zero-order chi connectivity index (χ0) is 16.8. The van der Waals surface area contributed by atoms with Crippen LogP contribution in [-0.2, 0) is 6.42 Å². The Hall–Kier alpha value is -1.06. The van der Waals surface area contributed by atoms with Gasteiger partial charge < -0.3 is 5.11 Å². The Morgan fingerprint density at radius 2 is 1.84 bits per heavy atom. The van der Waals surface area contributed by atoms with Gasteiger partial charge >= 0.3 is 0 Å². The maximum atomic E-state index is 9.92. The van der Waals surface area contributed by atoms with Crippen LogP contribution in [0, 0.1) is 11.8 Å².